The fourth-order valence-corrected chi connectivity index (χ4v) is 6.15. The normalized spacial score (nSPS) is 22.8. The molecule has 19 heteroatoms. The van der Waals surface area contributed by atoms with Crippen LogP contribution in [0.3, 0.4) is 0 Å². The molecule has 0 spiro atoms. The van der Waals surface area contributed by atoms with Crippen LogP contribution in [0.5, 0.6) is 0 Å². The van der Waals surface area contributed by atoms with Crippen LogP contribution in [0, 0.1) is 0 Å². The number of hydrogen-bond acceptors (Lipinski definition) is 10. The summed E-state index contributed by atoms with van der Waals surface area (Å²) in [6.07, 6.45) is -9.63. The van der Waals surface area contributed by atoms with Crippen LogP contribution in [-0.2, 0) is 36.1 Å². The highest BCUT2D eigenvalue weighted by molar-refractivity contribution is 7.89. The number of anilines is 1. The molecule has 2 unspecified atom stereocenters. The first-order valence-electron chi connectivity index (χ1n) is 11.4. The fraction of sp³-hybridized carbons (Fsp3) is 0.429. The number of rotatable bonds is 6. The Morgan fingerprint density at radius 2 is 1.77 bits per heavy atom. The third-order valence-corrected chi connectivity index (χ3v) is 8.45. The van der Waals surface area contributed by atoms with Crippen LogP contribution in [0.4, 0.5) is 32.3 Å². The zero-order valence-corrected chi connectivity index (χ0v) is 21.0. The Morgan fingerprint density at radius 1 is 1.12 bits per heavy atom. The van der Waals surface area contributed by atoms with Gasteiger partial charge in [-0.1, -0.05) is 18.2 Å². The number of fused-ring (bicyclic) bond motifs is 1. The van der Waals surface area contributed by atoms with Crippen molar-refractivity contribution in [1.82, 2.24) is 28.7 Å². The third kappa shape index (κ3) is 4.41. The lowest BCUT2D eigenvalue weighted by atomic mass is 9.77. The number of hydroxylamine groups is 1. The predicted octanol–water partition coefficient (Wildman–Crippen LogP) is 1.73. The summed E-state index contributed by atoms with van der Waals surface area (Å²) >= 11 is 0. The molecule has 12 nitrogen and oxygen atoms in total. The molecule has 4 heterocycles. The summed E-state index contributed by atoms with van der Waals surface area (Å²) in [6.45, 7) is 1.53. The van der Waals surface area contributed by atoms with Crippen molar-refractivity contribution in [2.75, 3.05) is 25.5 Å². The maximum absolute atomic E-state index is 13.8. The molecule has 3 aromatic rings. The fourth-order valence-electron chi connectivity index (χ4n) is 4.56. The molecule has 2 aliphatic heterocycles. The molecule has 0 radical (unpaired) electrons. The molecule has 2 atom stereocenters. The molecule has 5 rings (SSSR count). The summed E-state index contributed by atoms with van der Waals surface area (Å²) in [7, 11) is -5.04. The lowest BCUT2D eigenvalue weighted by molar-refractivity contribution is -0.267. The monoisotopic (exact) mass is 595 g/mol. The van der Waals surface area contributed by atoms with Gasteiger partial charge in [-0.05, 0) is 23.5 Å². The largest absolute Gasteiger partial charge is 0.492 e. The van der Waals surface area contributed by atoms with E-state index in [0.29, 0.717) is 0 Å². The minimum atomic E-state index is -5.60. The Labute approximate surface area is 221 Å². The summed E-state index contributed by atoms with van der Waals surface area (Å²) in [5.74, 6) is -5.87. The number of aromatic nitrogens is 4. The number of nitrogens with zero attached hydrogens (tertiary/aromatic N) is 6. The first kappa shape index (κ1) is 28.0. The first-order valence-corrected chi connectivity index (χ1v) is 12.8. The highest BCUT2D eigenvalue weighted by Gasteiger charge is 2.65. The van der Waals surface area contributed by atoms with Crippen LogP contribution in [0.25, 0.3) is 5.78 Å². The van der Waals surface area contributed by atoms with Crippen molar-refractivity contribution in [2.24, 2.45) is 0 Å². The van der Waals surface area contributed by atoms with Crippen molar-refractivity contribution >= 4 is 27.7 Å². The Hall–Kier alpha value is -3.55. The van der Waals surface area contributed by atoms with Crippen LogP contribution in [0.1, 0.15) is 18.4 Å². The molecule has 2 aromatic heterocycles. The second kappa shape index (κ2) is 9.25. The van der Waals surface area contributed by atoms with Crippen LogP contribution in [-0.4, -0.2) is 81.1 Å². The van der Waals surface area contributed by atoms with Gasteiger partial charge >= 0.3 is 18.3 Å². The van der Waals surface area contributed by atoms with Gasteiger partial charge in [-0.3, -0.25) is 9.30 Å². The highest BCUT2D eigenvalue weighted by atomic mass is 32.2. The lowest BCUT2D eigenvalue weighted by Crippen LogP contribution is -2.77. The standard InChI is InChI=1S/C21H19F6N7O5S/c1-11-19(10-33(11)12-8-38-9-12,14-7-32-17(28)30-15(20(22,23)24)31-18(32)29-14)34(39-16(35)21(25,26)27)40(36,37)13-5-3-2-4-6-13/h2-7,11-12H,8-10H2,1H3,(H2,28,29,30,31). The molecule has 0 amide bonds. The Balaban J connectivity index is 1.72. The Kier molecular flexibility index (Phi) is 6.47. The molecule has 0 aliphatic carbocycles. The maximum atomic E-state index is 13.8. The molecule has 0 bridgehead atoms. The number of sulfonamides is 1. The van der Waals surface area contributed by atoms with Crippen molar-refractivity contribution in [1.29, 1.82) is 0 Å². The summed E-state index contributed by atoms with van der Waals surface area (Å²) in [4.78, 5) is 28.3. The van der Waals surface area contributed by atoms with E-state index in [1.54, 1.807) is 4.90 Å². The van der Waals surface area contributed by atoms with Gasteiger partial charge in [0.15, 0.2) is 0 Å². The second-order valence-corrected chi connectivity index (χ2v) is 10.8. The third-order valence-electron chi connectivity index (χ3n) is 6.74. The average Bonchev–Trinajstić information content (AvgIpc) is 3.28. The average molecular weight is 595 g/mol. The Morgan fingerprint density at radius 3 is 2.30 bits per heavy atom. The summed E-state index contributed by atoms with van der Waals surface area (Å²) in [6, 6.07) is 4.90. The minimum Gasteiger partial charge on any atom is -0.378 e. The first-order chi connectivity index (χ1) is 18.6. The number of imidazole rings is 1. The topological polar surface area (TPSA) is 145 Å². The predicted molar refractivity (Wildman–Crippen MR) is 120 cm³/mol. The molecule has 216 valence electrons. The van der Waals surface area contributed by atoms with Crippen molar-refractivity contribution in [3.05, 3.63) is 48.0 Å². The molecule has 40 heavy (non-hydrogen) atoms. The van der Waals surface area contributed by atoms with E-state index in [1.807, 2.05) is 0 Å². The van der Waals surface area contributed by atoms with Crippen LogP contribution in [0.15, 0.2) is 41.4 Å². The van der Waals surface area contributed by atoms with E-state index < -0.39 is 62.4 Å². The number of carbonyl (C=O) groups is 1. The number of likely N-dealkylation sites (tertiary alicyclic amines) is 1. The van der Waals surface area contributed by atoms with Gasteiger partial charge < -0.3 is 15.3 Å². The van der Waals surface area contributed by atoms with Gasteiger partial charge in [0, 0.05) is 18.8 Å². The number of alkyl halides is 6. The highest BCUT2D eigenvalue weighted by Crippen LogP contribution is 2.48. The molecule has 2 aliphatic rings. The maximum Gasteiger partial charge on any atom is 0.492 e. The number of halogens is 6. The summed E-state index contributed by atoms with van der Waals surface area (Å²) in [5, 5.41) is 0. The SMILES string of the molecule is CC1N(C2COC2)CC1(c1cn2c(N)nc(C(F)(F)F)nc2n1)N(OC(=O)C(F)(F)F)S(=O)(=O)c1ccccc1. The number of nitrogen functional groups attached to an aromatic ring is 1. The quantitative estimate of drug-likeness (QED) is 0.330. The molecular weight excluding hydrogens is 576 g/mol. The van der Waals surface area contributed by atoms with Gasteiger partial charge in [-0.15, -0.1) is 0 Å². The van der Waals surface area contributed by atoms with Gasteiger partial charge in [0.25, 0.3) is 10.0 Å². The van der Waals surface area contributed by atoms with Gasteiger partial charge in [0.2, 0.25) is 17.6 Å². The summed E-state index contributed by atoms with van der Waals surface area (Å²) < 4.78 is 113. The number of ether oxygens (including phenoxy) is 1. The number of nitrogens with two attached hydrogens (primary N) is 1. The number of benzene rings is 1. The Bertz CT molecular complexity index is 1560. The van der Waals surface area contributed by atoms with Gasteiger partial charge in [-0.25, -0.2) is 18.2 Å². The zero-order valence-electron chi connectivity index (χ0n) is 20.2. The molecule has 2 saturated heterocycles. The van der Waals surface area contributed by atoms with Crippen molar-refractivity contribution < 1.29 is 49.1 Å². The van der Waals surface area contributed by atoms with E-state index >= 15 is 0 Å². The molecule has 1 aromatic carbocycles. The molecule has 0 saturated carbocycles. The molecule has 2 N–H and O–H groups in total. The van der Waals surface area contributed by atoms with Gasteiger partial charge in [-0.2, -0.15) is 36.3 Å². The van der Waals surface area contributed by atoms with Crippen LogP contribution >= 0.6 is 0 Å². The minimum absolute atomic E-state index is 0.0814. The van der Waals surface area contributed by atoms with Crippen LogP contribution in [0.2, 0.25) is 0 Å². The zero-order chi connectivity index (χ0) is 29.3. The van der Waals surface area contributed by atoms with Crippen LogP contribution < -0.4 is 5.73 Å². The van der Waals surface area contributed by atoms with Gasteiger partial charge in [0.1, 0.15) is 5.54 Å². The van der Waals surface area contributed by atoms with E-state index in [4.69, 9.17) is 10.5 Å². The van der Waals surface area contributed by atoms with Gasteiger partial charge in [0.05, 0.1) is 29.8 Å². The number of carbonyl (C=O) groups excluding carboxylic acids is 1. The second-order valence-electron chi connectivity index (χ2n) is 9.08. The van der Waals surface area contributed by atoms with Crippen molar-refractivity contribution in [3.8, 4) is 0 Å². The van der Waals surface area contributed by atoms with E-state index in [9.17, 15) is 39.6 Å². The smallest absolute Gasteiger partial charge is 0.378 e. The van der Waals surface area contributed by atoms with E-state index in [-0.39, 0.29) is 36.0 Å². The number of hydrogen-bond donors (Lipinski definition) is 1. The van der Waals surface area contributed by atoms with E-state index in [1.165, 1.54) is 25.1 Å². The van der Waals surface area contributed by atoms with E-state index in [0.717, 1.165) is 22.7 Å². The molecular formula is C21H19F6N7O5S. The van der Waals surface area contributed by atoms with E-state index in [2.05, 4.69) is 19.8 Å². The van der Waals surface area contributed by atoms with Crippen molar-refractivity contribution in [3.63, 3.8) is 0 Å². The molecule has 2 fully saturated rings. The van der Waals surface area contributed by atoms with Crippen molar-refractivity contribution in [2.45, 2.75) is 41.8 Å². The lowest BCUT2D eigenvalue weighted by Gasteiger charge is -2.60. The summed E-state index contributed by atoms with van der Waals surface area (Å²) in [5.41, 5.74) is 3.13.